The van der Waals surface area contributed by atoms with E-state index in [9.17, 15) is 31.2 Å². The molecule has 0 aliphatic carbocycles. The Kier molecular flexibility index (Phi) is 15.1. The van der Waals surface area contributed by atoms with Crippen molar-refractivity contribution in [2.75, 3.05) is 19.8 Å². The molecule has 0 heterocycles. The van der Waals surface area contributed by atoms with Crippen molar-refractivity contribution in [2.24, 2.45) is 11.8 Å². The molecule has 4 aromatic carbocycles. The maximum Gasteiger partial charge on any atom is 0.325 e. The number of hydrogen-bond acceptors (Lipinski definition) is 10. The van der Waals surface area contributed by atoms with E-state index < -0.39 is 69.7 Å². The highest BCUT2D eigenvalue weighted by molar-refractivity contribution is 7.87. The lowest BCUT2D eigenvalue weighted by Gasteiger charge is -2.34. The number of carbonyl (C=O) groups is 3. The van der Waals surface area contributed by atoms with Crippen LogP contribution in [0.3, 0.4) is 0 Å². The van der Waals surface area contributed by atoms with Gasteiger partial charge < -0.3 is 15.0 Å². The molecule has 0 unspecified atom stereocenters. The average Bonchev–Trinajstić information content (AvgIpc) is 3.15. The van der Waals surface area contributed by atoms with Gasteiger partial charge >= 0.3 is 5.97 Å². The molecule has 0 bridgehead atoms. The van der Waals surface area contributed by atoms with Gasteiger partial charge in [0.15, 0.2) is 0 Å². The highest BCUT2D eigenvalue weighted by atomic mass is 32.2. The van der Waals surface area contributed by atoms with Crippen molar-refractivity contribution in [3.8, 4) is 0 Å². The summed E-state index contributed by atoms with van der Waals surface area (Å²) in [4.78, 5) is 42.1. The van der Waals surface area contributed by atoms with Crippen LogP contribution >= 0.6 is 0 Å². The largest absolute Gasteiger partial charge is 0.460 e. The maximum absolute atomic E-state index is 14.7. The molecule has 0 saturated carbocycles. The second kappa shape index (κ2) is 19.4. The Hall–Kier alpha value is -4.89. The summed E-state index contributed by atoms with van der Waals surface area (Å²) < 4.78 is 69.1. The number of carbonyl (C=O) groups excluding carboxylic acids is 3. The normalized spacial score (nSPS) is 12.3. The molecule has 1 N–H and O–H groups in total. The Balaban J connectivity index is 1.64. The molecule has 1 atom stereocenters. The number of nitrogens with one attached hydrogen (secondary N) is 1. The summed E-state index contributed by atoms with van der Waals surface area (Å²) in [5.74, 6) is -3.81. The van der Waals surface area contributed by atoms with Crippen LogP contribution < -0.4 is 5.32 Å². The van der Waals surface area contributed by atoms with Crippen LogP contribution in [0.5, 0.6) is 0 Å². The maximum atomic E-state index is 14.7. The molecular formula is C40H46N2O10S2. The van der Waals surface area contributed by atoms with E-state index in [0.29, 0.717) is 5.56 Å². The molecule has 0 aliphatic heterocycles. The molecule has 54 heavy (non-hydrogen) atoms. The highest BCUT2D eigenvalue weighted by Crippen LogP contribution is 2.23. The minimum atomic E-state index is -4.41. The number of rotatable bonds is 19. The standard InChI is InChI=1S/C40H46N2O10S2/c1-29(2)23-37(39(44)41-24-38(43)50-26-33-13-9-6-10-14-33)42(25-32-11-7-5-8-12-32)40(45)34(27-51-53(46,47)35-19-15-30(3)16-20-35)28-52-54(48,49)36-21-17-31(4)18-22-36/h5-22,29,34,37H,23-28H2,1-4H3,(H,41,44)/t37-/m0/s1. The fourth-order valence-corrected chi connectivity index (χ4v) is 7.22. The minimum Gasteiger partial charge on any atom is -0.460 e. The van der Waals surface area contributed by atoms with Crippen LogP contribution in [-0.2, 0) is 60.9 Å². The van der Waals surface area contributed by atoms with Gasteiger partial charge in [-0.1, -0.05) is 110 Å². The van der Waals surface area contributed by atoms with Gasteiger partial charge in [-0.3, -0.25) is 22.7 Å². The van der Waals surface area contributed by atoms with Crippen molar-refractivity contribution in [2.45, 2.75) is 63.1 Å². The third-order valence-corrected chi connectivity index (χ3v) is 10.9. The van der Waals surface area contributed by atoms with E-state index >= 15 is 0 Å². The number of benzene rings is 4. The number of hydrogen-bond donors (Lipinski definition) is 1. The molecule has 4 rings (SSSR count). The molecule has 0 aromatic heterocycles. The average molecular weight is 779 g/mol. The molecule has 0 saturated heterocycles. The van der Waals surface area contributed by atoms with E-state index in [-0.39, 0.29) is 35.3 Å². The SMILES string of the molecule is Cc1ccc(S(=O)(=O)OCC(COS(=O)(=O)c2ccc(C)cc2)C(=O)N(Cc2ccccc2)[C@@H](CC(C)C)C(=O)NCC(=O)OCc2ccccc2)cc1. The zero-order valence-corrected chi connectivity index (χ0v) is 32.3. The Morgan fingerprint density at radius 3 is 1.59 bits per heavy atom. The second-order valence-corrected chi connectivity index (χ2v) is 16.5. The number of nitrogens with zero attached hydrogens (tertiary/aromatic N) is 1. The van der Waals surface area contributed by atoms with Crippen LogP contribution in [0.4, 0.5) is 0 Å². The molecule has 2 amide bonds. The van der Waals surface area contributed by atoms with Gasteiger partial charge in [-0.25, -0.2) is 0 Å². The number of amides is 2. The zero-order chi connectivity index (χ0) is 39.3. The van der Waals surface area contributed by atoms with Gasteiger partial charge in [-0.05, 0) is 61.6 Å². The third kappa shape index (κ3) is 12.6. The summed E-state index contributed by atoms with van der Waals surface area (Å²) in [5.41, 5.74) is 3.02. The minimum absolute atomic E-state index is 0.00224. The molecule has 12 nitrogen and oxygen atoms in total. The van der Waals surface area contributed by atoms with Crippen LogP contribution in [0.25, 0.3) is 0 Å². The summed E-state index contributed by atoms with van der Waals surface area (Å²) in [5, 5.41) is 2.59. The molecule has 0 aliphatic rings. The summed E-state index contributed by atoms with van der Waals surface area (Å²) in [6, 6.07) is 28.4. The highest BCUT2D eigenvalue weighted by Gasteiger charge is 2.37. The monoisotopic (exact) mass is 778 g/mol. The molecule has 0 radical (unpaired) electrons. The number of ether oxygens (including phenoxy) is 1. The summed E-state index contributed by atoms with van der Waals surface area (Å²) in [6.45, 7) is 5.09. The van der Waals surface area contributed by atoms with Crippen LogP contribution in [0.2, 0.25) is 0 Å². The predicted molar refractivity (Wildman–Crippen MR) is 202 cm³/mol. The van der Waals surface area contributed by atoms with Crippen molar-refractivity contribution in [3.05, 3.63) is 131 Å². The summed E-state index contributed by atoms with van der Waals surface area (Å²) >= 11 is 0. The molecule has 288 valence electrons. The van der Waals surface area contributed by atoms with Crippen LogP contribution in [-0.4, -0.2) is 65.3 Å². The Morgan fingerprint density at radius 2 is 1.13 bits per heavy atom. The smallest absolute Gasteiger partial charge is 0.325 e. The lowest BCUT2D eigenvalue weighted by Crippen LogP contribution is -2.53. The first-order valence-electron chi connectivity index (χ1n) is 17.4. The van der Waals surface area contributed by atoms with Crippen LogP contribution in [0.15, 0.2) is 119 Å². The van der Waals surface area contributed by atoms with Gasteiger partial charge in [0, 0.05) is 6.54 Å². The van der Waals surface area contributed by atoms with Crippen molar-refractivity contribution >= 4 is 38.0 Å². The van der Waals surface area contributed by atoms with Gasteiger partial charge in [0.05, 0.1) is 28.9 Å². The fraction of sp³-hybridized carbons (Fsp3) is 0.325. The van der Waals surface area contributed by atoms with Crippen molar-refractivity contribution in [3.63, 3.8) is 0 Å². The summed E-state index contributed by atoms with van der Waals surface area (Å²) in [7, 11) is -8.81. The van der Waals surface area contributed by atoms with Gasteiger partial charge in [-0.2, -0.15) is 16.8 Å². The van der Waals surface area contributed by atoms with E-state index in [4.69, 9.17) is 13.1 Å². The first-order valence-corrected chi connectivity index (χ1v) is 20.2. The van der Waals surface area contributed by atoms with Gasteiger partial charge in [-0.15, -0.1) is 0 Å². The first kappa shape index (κ1) is 41.9. The van der Waals surface area contributed by atoms with E-state index in [1.54, 1.807) is 92.7 Å². The Bertz CT molecular complexity index is 1980. The molecule has 0 spiro atoms. The van der Waals surface area contributed by atoms with Crippen LogP contribution in [0.1, 0.15) is 42.5 Å². The molecule has 14 heteroatoms. The quantitative estimate of drug-likeness (QED) is 0.0973. The van der Waals surface area contributed by atoms with E-state index in [0.717, 1.165) is 16.7 Å². The van der Waals surface area contributed by atoms with E-state index in [2.05, 4.69) is 5.32 Å². The van der Waals surface area contributed by atoms with Crippen LogP contribution in [0, 0.1) is 25.7 Å². The Labute approximate surface area is 317 Å². The Morgan fingerprint density at radius 1 is 0.667 bits per heavy atom. The molecule has 0 fully saturated rings. The summed E-state index contributed by atoms with van der Waals surface area (Å²) in [6.07, 6.45) is 0.140. The third-order valence-electron chi connectivity index (χ3n) is 8.32. The lowest BCUT2D eigenvalue weighted by molar-refractivity contribution is -0.148. The number of esters is 1. The van der Waals surface area contributed by atoms with Crippen molar-refractivity contribution < 1.29 is 44.3 Å². The zero-order valence-electron chi connectivity index (χ0n) is 30.7. The van der Waals surface area contributed by atoms with Gasteiger partial charge in [0.25, 0.3) is 20.2 Å². The van der Waals surface area contributed by atoms with Crippen molar-refractivity contribution in [1.29, 1.82) is 0 Å². The van der Waals surface area contributed by atoms with Gasteiger partial charge in [0.1, 0.15) is 19.2 Å². The predicted octanol–water partition coefficient (Wildman–Crippen LogP) is 5.33. The second-order valence-electron chi connectivity index (χ2n) is 13.3. The van der Waals surface area contributed by atoms with E-state index in [1.165, 1.54) is 29.2 Å². The lowest BCUT2D eigenvalue weighted by atomic mass is 9.98. The first-order chi connectivity index (χ1) is 25.6. The van der Waals surface area contributed by atoms with E-state index in [1.807, 2.05) is 19.9 Å². The number of aryl methyl sites for hydroxylation is 2. The molecule has 4 aromatic rings. The fourth-order valence-electron chi connectivity index (χ4n) is 5.32. The topological polar surface area (TPSA) is 162 Å². The molecular weight excluding hydrogens is 733 g/mol. The van der Waals surface area contributed by atoms with Gasteiger partial charge in [0.2, 0.25) is 11.8 Å². The van der Waals surface area contributed by atoms with Crippen molar-refractivity contribution in [1.82, 2.24) is 10.2 Å².